The monoisotopic (exact) mass is 181 g/mol. The molecule has 1 saturated heterocycles. The van der Waals surface area contributed by atoms with Gasteiger partial charge in [0.2, 0.25) is 0 Å². The molecule has 0 aromatic heterocycles. The second-order valence-electron chi connectivity index (χ2n) is 5.66. The molecule has 1 nitrogen and oxygen atoms in total. The van der Waals surface area contributed by atoms with Crippen molar-refractivity contribution in [3.8, 4) is 0 Å². The molecule has 0 spiro atoms. The van der Waals surface area contributed by atoms with Crippen molar-refractivity contribution in [3.63, 3.8) is 0 Å². The molecule has 2 fully saturated rings. The normalized spacial score (nSPS) is 47.3. The number of nitrogens with zero attached hydrogens (tertiary/aromatic N) is 1. The van der Waals surface area contributed by atoms with E-state index < -0.39 is 0 Å². The second-order valence-corrected chi connectivity index (χ2v) is 5.66. The molecule has 0 aromatic carbocycles. The highest BCUT2D eigenvalue weighted by Gasteiger charge is 2.42. The summed E-state index contributed by atoms with van der Waals surface area (Å²) in [6, 6.07) is 0.887. The lowest BCUT2D eigenvalue weighted by atomic mass is 9.64. The van der Waals surface area contributed by atoms with Gasteiger partial charge in [-0.1, -0.05) is 26.7 Å². The van der Waals surface area contributed by atoms with Gasteiger partial charge in [-0.3, -0.25) is 0 Å². The predicted octanol–water partition coefficient (Wildman–Crippen LogP) is 2.91. The number of rotatable bonds is 0. The van der Waals surface area contributed by atoms with E-state index in [2.05, 4.69) is 25.8 Å². The molecule has 76 valence electrons. The molecule has 0 amide bonds. The Hall–Kier alpha value is -0.0400. The van der Waals surface area contributed by atoms with Crippen LogP contribution in [0, 0.1) is 11.3 Å². The maximum Gasteiger partial charge on any atom is 0.0146 e. The molecule has 1 aliphatic carbocycles. The third-order valence-electron chi connectivity index (χ3n) is 4.23. The fourth-order valence-corrected chi connectivity index (χ4v) is 3.85. The van der Waals surface area contributed by atoms with Crippen LogP contribution >= 0.6 is 0 Å². The van der Waals surface area contributed by atoms with Crippen LogP contribution in [0.15, 0.2) is 0 Å². The van der Waals surface area contributed by atoms with Gasteiger partial charge in [0.05, 0.1) is 0 Å². The van der Waals surface area contributed by atoms with Crippen LogP contribution in [0.3, 0.4) is 0 Å². The largest absolute Gasteiger partial charge is 0.303 e. The summed E-state index contributed by atoms with van der Waals surface area (Å²) in [5.41, 5.74) is 0.644. The summed E-state index contributed by atoms with van der Waals surface area (Å²) in [4.78, 5) is 2.62. The molecule has 1 heterocycles. The van der Waals surface area contributed by atoms with Crippen molar-refractivity contribution in [2.24, 2.45) is 11.3 Å². The molecular formula is C12H23N. The number of hydrogen-bond acceptors (Lipinski definition) is 1. The summed E-state index contributed by atoms with van der Waals surface area (Å²) in [6.45, 7) is 6.25. The Kier molecular flexibility index (Phi) is 2.39. The molecule has 0 N–H and O–H groups in total. The standard InChI is InChI=1S/C12H23N/c1-10-8-12(2)7-5-4-6-11(12)13(3)9-10/h10-11H,4-9H2,1-3H3/t10-,11+,12+/m0/s1. The first-order chi connectivity index (χ1) is 6.12. The van der Waals surface area contributed by atoms with Gasteiger partial charge < -0.3 is 4.90 Å². The number of piperidine rings is 1. The summed E-state index contributed by atoms with van der Waals surface area (Å²) < 4.78 is 0. The topological polar surface area (TPSA) is 3.24 Å². The highest BCUT2D eigenvalue weighted by atomic mass is 15.2. The van der Waals surface area contributed by atoms with Crippen molar-refractivity contribution in [2.75, 3.05) is 13.6 Å². The van der Waals surface area contributed by atoms with E-state index >= 15 is 0 Å². The average Bonchev–Trinajstić information content (AvgIpc) is 2.01. The van der Waals surface area contributed by atoms with Crippen molar-refractivity contribution in [2.45, 2.75) is 52.0 Å². The Morgan fingerprint density at radius 3 is 2.85 bits per heavy atom. The van der Waals surface area contributed by atoms with E-state index in [1.165, 1.54) is 38.6 Å². The Balaban J connectivity index is 2.15. The summed E-state index contributed by atoms with van der Waals surface area (Å²) in [7, 11) is 2.32. The van der Waals surface area contributed by atoms with Crippen LogP contribution in [-0.4, -0.2) is 24.5 Å². The first-order valence-electron chi connectivity index (χ1n) is 5.82. The van der Waals surface area contributed by atoms with Crippen LogP contribution in [0.25, 0.3) is 0 Å². The number of fused-ring (bicyclic) bond motifs is 1. The van der Waals surface area contributed by atoms with E-state index in [1.807, 2.05) is 0 Å². The van der Waals surface area contributed by atoms with Crippen LogP contribution in [0.1, 0.15) is 46.0 Å². The molecule has 13 heavy (non-hydrogen) atoms. The van der Waals surface area contributed by atoms with Gasteiger partial charge >= 0.3 is 0 Å². The summed E-state index contributed by atoms with van der Waals surface area (Å²) in [6.07, 6.45) is 7.29. The third kappa shape index (κ3) is 1.63. The lowest BCUT2D eigenvalue weighted by Crippen LogP contribution is -2.53. The maximum atomic E-state index is 2.62. The molecular weight excluding hydrogens is 158 g/mol. The summed E-state index contributed by atoms with van der Waals surface area (Å²) >= 11 is 0. The SMILES string of the molecule is C[C@@H]1CN(C)[C@@H]2CCCC[C@]2(C)C1. The van der Waals surface area contributed by atoms with Crippen LogP contribution < -0.4 is 0 Å². The third-order valence-corrected chi connectivity index (χ3v) is 4.23. The van der Waals surface area contributed by atoms with Gasteiger partial charge in [0.25, 0.3) is 0 Å². The van der Waals surface area contributed by atoms with Crippen LogP contribution in [0.2, 0.25) is 0 Å². The van der Waals surface area contributed by atoms with Crippen molar-refractivity contribution < 1.29 is 0 Å². The summed E-state index contributed by atoms with van der Waals surface area (Å²) in [5, 5.41) is 0. The van der Waals surface area contributed by atoms with E-state index in [1.54, 1.807) is 0 Å². The Labute approximate surface area is 82.5 Å². The van der Waals surface area contributed by atoms with E-state index in [9.17, 15) is 0 Å². The van der Waals surface area contributed by atoms with E-state index in [0.717, 1.165) is 12.0 Å². The van der Waals surface area contributed by atoms with Gasteiger partial charge in [-0.05, 0) is 37.6 Å². The Morgan fingerprint density at radius 2 is 2.08 bits per heavy atom. The highest BCUT2D eigenvalue weighted by Crippen LogP contribution is 2.46. The molecule has 0 bridgehead atoms. The number of likely N-dealkylation sites (tertiary alicyclic amines) is 1. The first-order valence-corrected chi connectivity index (χ1v) is 5.82. The van der Waals surface area contributed by atoms with Gasteiger partial charge in [0.1, 0.15) is 0 Å². The molecule has 0 unspecified atom stereocenters. The molecule has 3 atom stereocenters. The summed E-state index contributed by atoms with van der Waals surface area (Å²) in [5.74, 6) is 0.907. The van der Waals surface area contributed by atoms with Crippen LogP contribution in [-0.2, 0) is 0 Å². The minimum Gasteiger partial charge on any atom is -0.303 e. The van der Waals surface area contributed by atoms with Gasteiger partial charge in [0.15, 0.2) is 0 Å². The Morgan fingerprint density at radius 1 is 1.31 bits per heavy atom. The van der Waals surface area contributed by atoms with Gasteiger partial charge in [0, 0.05) is 12.6 Å². The smallest absolute Gasteiger partial charge is 0.0146 e. The molecule has 1 saturated carbocycles. The predicted molar refractivity (Wildman–Crippen MR) is 56.8 cm³/mol. The fourth-order valence-electron chi connectivity index (χ4n) is 3.85. The fraction of sp³-hybridized carbons (Fsp3) is 1.00. The van der Waals surface area contributed by atoms with Gasteiger partial charge in [-0.2, -0.15) is 0 Å². The Bertz CT molecular complexity index is 190. The average molecular weight is 181 g/mol. The first kappa shape index (κ1) is 9.51. The zero-order valence-corrected chi connectivity index (χ0v) is 9.34. The zero-order chi connectivity index (χ0) is 9.47. The molecule has 0 radical (unpaired) electrons. The van der Waals surface area contributed by atoms with Crippen molar-refractivity contribution in [1.29, 1.82) is 0 Å². The van der Waals surface area contributed by atoms with Gasteiger partial charge in [-0.15, -0.1) is 0 Å². The molecule has 1 aliphatic heterocycles. The van der Waals surface area contributed by atoms with E-state index in [0.29, 0.717) is 5.41 Å². The minimum atomic E-state index is 0.644. The lowest BCUT2D eigenvalue weighted by Gasteiger charge is -2.52. The van der Waals surface area contributed by atoms with Crippen molar-refractivity contribution in [3.05, 3.63) is 0 Å². The molecule has 2 rings (SSSR count). The van der Waals surface area contributed by atoms with Crippen LogP contribution in [0.4, 0.5) is 0 Å². The van der Waals surface area contributed by atoms with Gasteiger partial charge in [-0.25, -0.2) is 0 Å². The molecule has 2 aliphatic rings. The highest BCUT2D eigenvalue weighted by molar-refractivity contribution is 4.96. The lowest BCUT2D eigenvalue weighted by molar-refractivity contribution is -0.0154. The number of hydrogen-bond donors (Lipinski definition) is 0. The molecule has 0 aromatic rings. The quantitative estimate of drug-likeness (QED) is 0.555. The van der Waals surface area contributed by atoms with E-state index in [-0.39, 0.29) is 0 Å². The van der Waals surface area contributed by atoms with E-state index in [4.69, 9.17) is 0 Å². The zero-order valence-electron chi connectivity index (χ0n) is 9.34. The molecule has 1 heteroatoms. The van der Waals surface area contributed by atoms with Crippen LogP contribution in [0.5, 0.6) is 0 Å². The maximum absolute atomic E-state index is 2.62. The van der Waals surface area contributed by atoms with Crippen molar-refractivity contribution >= 4 is 0 Å². The minimum absolute atomic E-state index is 0.644. The second kappa shape index (κ2) is 3.27. The van der Waals surface area contributed by atoms with Crippen molar-refractivity contribution in [1.82, 2.24) is 4.90 Å².